The van der Waals surface area contributed by atoms with Crippen LogP contribution in [0.5, 0.6) is 5.75 Å². The Hall–Kier alpha value is -2.90. The molecule has 7 heteroatoms. The Bertz CT molecular complexity index is 1110. The monoisotopic (exact) mass is 478 g/mol. The minimum atomic E-state index is 0.489. The van der Waals surface area contributed by atoms with E-state index in [4.69, 9.17) is 4.74 Å². The predicted octanol–water partition coefficient (Wildman–Crippen LogP) is 5.79. The highest BCUT2D eigenvalue weighted by Crippen LogP contribution is 2.21. The molecule has 1 aromatic heterocycles. The van der Waals surface area contributed by atoms with Crippen LogP contribution in [0.1, 0.15) is 16.7 Å². The van der Waals surface area contributed by atoms with E-state index < -0.39 is 0 Å². The van der Waals surface area contributed by atoms with Crippen molar-refractivity contribution in [2.75, 3.05) is 0 Å². The second-order valence-corrected chi connectivity index (χ2v) is 8.29. The summed E-state index contributed by atoms with van der Waals surface area (Å²) in [5, 5.41) is 13.4. The first kappa shape index (κ1) is 20.4. The van der Waals surface area contributed by atoms with Gasteiger partial charge in [-0.2, -0.15) is 9.78 Å². The van der Waals surface area contributed by atoms with Crippen molar-refractivity contribution in [2.45, 2.75) is 17.5 Å². The fraction of sp³-hybridized carbons (Fsp3) is 0.0870. The lowest BCUT2D eigenvalue weighted by Gasteiger charge is -2.09. The highest BCUT2D eigenvalue weighted by atomic mass is 79.9. The first-order valence-corrected chi connectivity index (χ1v) is 11.1. The molecule has 5 nitrogen and oxygen atoms in total. The average molecular weight is 479 g/mol. The number of aromatic nitrogens is 3. The number of benzene rings is 3. The maximum absolute atomic E-state index is 6.02. The summed E-state index contributed by atoms with van der Waals surface area (Å²) < 4.78 is 8.75. The molecule has 0 bridgehead atoms. The third kappa shape index (κ3) is 5.58. The Labute approximate surface area is 187 Å². The summed E-state index contributed by atoms with van der Waals surface area (Å²) >= 11 is 5.05. The van der Waals surface area contributed by atoms with Crippen LogP contribution in [0.25, 0.3) is 0 Å². The fourth-order valence-electron chi connectivity index (χ4n) is 2.70. The zero-order chi connectivity index (χ0) is 20.6. The SMILES string of the molecule is Brc1ccc(COc2ccccc2/C=N/n2cnnc2SCc2ccccc2)cc1. The van der Waals surface area contributed by atoms with Crippen molar-refractivity contribution >= 4 is 33.9 Å². The van der Waals surface area contributed by atoms with Crippen molar-refractivity contribution in [1.82, 2.24) is 14.9 Å². The molecule has 0 atom stereocenters. The maximum Gasteiger partial charge on any atom is 0.212 e. The summed E-state index contributed by atoms with van der Waals surface area (Å²) in [5.41, 5.74) is 3.22. The van der Waals surface area contributed by atoms with Crippen LogP contribution in [-0.4, -0.2) is 21.1 Å². The van der Waals surface area contributed by atoms with Crippen LogP contribution in [0.2, 0.25) is 0 Å². The molecule has 0 fully saturated rings. The third-order valence-electron chi connectivity index (χ3n) is 4.26. The molecule has 0 amide bonds. The molecule has 4 aromatic rings. The Morgan fingerprint density at radius 3 is 2.53 bits per heavy atom. The zero-order valence-electron chi connectivity index (χ0n) is 16.1. The van der Waals surface area contributed by atoms with Gasteiger partial charge in [-0.1, -0.05) is 82.3 Å². The van der Waals surface area contributed by atoms with Crippen molar-refractivity contribution < 1.29 is 4.74 Å². The minimum Gasteiger partial charge on any atom is -0.488 e. The van der Waals surface area contributed by atoms with Crippen molar-refractivity contribution in [3.63, 3.8) is 0 Å². The van der Waals surface area contributed by atoms with E-state index in [0.29, 0.717) is 6.61 Å². The van der Waals surface area contributed by atoms with Crippen molar-refractivity contribution in [3.05, 3.63) is 106 Å². The Kier molecular flexibility index (Phi) is 6.95. The van der Waals surface area contributed by atoms with Gasteiger partial charge in [-0.05, 0) is 35.4 Å². The molecule has 4 rings (SSSR count). The highest BCUT2D eigenvalue weighted by molar-refractivity contribution is 9.10. The van der Waals surface area contributed by atoms with E-state index in [0.717, 1.165) is 32.3 Å². The molecule has 0 radical (unpaired) electrons. The summed E-state index contributed by atoms with van der Waals surface area (Å²) in [7, 11) is 0. The van der Waals surface area contributed by atoms with Crippen LogP contribution < -0.4 is 4.74 Å². The van der Waals surface area contributed by atoms with Crippen molar-refractivity contribution in [1.29, 1.82) is 0 Å². The average Bonchev–Trinajstić information content (AvgIpc) is 3.24. The van der Waals surface area contributed by atoms with Gasteiger partial charge in [0.1, 0.15) is 18.7 Å². The smallest absolute Gasteiger partial charge is 0.212 e. The summed E-state index contributed by atoms with van der Waals surface area (Å²) in [6.07, 6.45) is 3.38. The molecular weight excluding hydrogens is 460 g/mol. The first-order chi connectivity index (χ1) is 14.8. The minimum absolute atomic E-state index is 0.489. The van der Waals surface area contributed by atoms with Crippen LogP contribution in [0.15, 0.2) is 99.9 Å². The van der Waals surface area contributed by atoms with E-state index in [1.54, 1.807) is 29.0 Å². The molecule has 0 unspecified atom stereocenters. The van der Waals surface area contributed by atoms with Gasteiger partial charge >= 0.3 is 0 Å². The van der Waals surface area contributed by atoms with Crippen molar-refractivity contribution in [2.24, 2.45) is 5.10 Å². The lowest BCUT2D eigenvalue weighted by Crippen LogP contribution is -1.99. The van der Waals surface area contributed by atoms with E-state index in [1.807, 2.05) is 66.7 Å². The number of para-hydroxylation sites is 1. The number of nitrogens with zero attached hydrogens (tertiary/aromatic N) is 4. The summed E-state index contributed by atoms with van der Waals surface area (Å²) in [4.78, 5) is 0. The quantitative estimate of drug-likeness (QED) is 0.237. The summed E-state index contributed by atoms with van der Waals surface area (Å²) in [6, 6.07) is 26.2. The molecule has 0 saturated heterocycles. The molecular formula is C23H19BrN4OS. The molecule has 0 aliphatic rings. The number of thioether (sulfide) groups is 1. The molecule has 0 aliphatic heterocycles. The molecule has 0 aliphatic carbocycles. The van der Waals surface area contributed by atoms with Gasteiger partial charge in [0.2, 0.25) is 5.16 Å². The Balaban J connectivity index is 1.43. The summed E-state index contributed by atoms with van der Waals surface area (Å²) in [6.45, 7) is 0.489. The van der Waals surface area contributed by atoms with Crippen LogP contribution in [0, 0.1) is 0 Å². The maximum atomic E-state index is 6.02. The van der Waals surface area contributed by atoms with Gasteiger partial charge in [0.25, 0.3) is 0 Å². The van der Waals surface area contributed by atoms with E-state index in [1.165, 1.54) is 5.56 Å². The van der Waals surface area contributed by atoms with Crippen LogP contribution in [0.4, 0.5) is 0 Å². The van der Waals surface area contributed by atoms with Crippen molar-refractivity contribution in [3.8, 4) is 5.75 Å². The Morgan fingerprint density at radius 1 is 0.933 bits per heavy atom. The highest BCUT2D eigenvalue weighted by Gasteiger charge is 2.06. The number of ether oxygens (including phenoxy) is 1. The van der Waals surface area contributed by atoms with E-state index >= 15 is 0 Å². The molecule has 0 N–H and O–H groups in total. The summed E-state index contributed by atoms with van der Waals surface area (Å²) in [5.74, 6) is 1.58. The molecule has 1 heterocycles. The fourth-order valence-corrected chi connectivity index (χ4v) is 3.78. The van der Waals surface area contributed by atoms with Gasteiger partial charge in [-0.25, -0.2) is 0 Å². The van der Waals surface area contributed by atoms with E-state index in [2.05, 4.69) is 43.4 Å². The second-order valence-electron chi connectivity index (χ2n) is 6.43. The largest absolute Gasteiger partial charge is 0.488 e. The number of hydrogen-bond acceptors (Lipinski definition) is 5. The van der Waals surface area contributed by atoms with Crippen LogP contribution in [0.3, 0.4) is 0 Å². The molecule has 0 spiro atoms. The topological polar surface area (TPSA) is 52.3 Å². The number of rotatable bonds is 8. The molecule has 150 valence electrons. The molecule has 0 saturated carbocycles. The Morgan fingerprint density at radius 2 is 1.70 bits per heavy atom. The predicted molar refractivity (Wildman–Crippen MR) is 124 cm³/mol. The number of hydrogen-bond donors (Lipinski definition) is 0. The molecule has 3 aromatic carbocycles. The van der Waals surface area contributed by atoms with Gasteiger partial charge in [-0.3, -0.25) is 0 Å². The van der Waals surface area contributed by atoms with Gasteiger partial charge in [0, 0.05) is 15.8 Å². The van der Waals surface area contributed by atoms with Gasteiger partial charge in [0.15, 0.2) is 0 Å². The van der Waals surface area contributed by atoms with Crippen LogP contribution >= 0.6 is 27.7 Å². The first-order valence-electron chi connectivity index (χ1n) is 9.35. The van der Waals surface area contributed by atoms with Gasteiger partial charge < -0.3 is 4.74 Å². The van der Waals surface area contributed by atoms with Gasteiger partial charge in [0.05, 0.1) is 6.21 Å². The second kappa shape index (κ2) is 10.2. The third-order valence-corrected chi connectivity index (χ3v) is 5.79. The number of halogens is 1. The van der Waals surface area contributed by atoms with E-state index in [-0.39, 0.29) is 0 Å². The normalized spacial score (nSPS) is 11.1. The van der Waals surface area contributed by atoms with Gasteiger partial charge in [-0.15, -0.1) is 10.2 Å². The zero-order valence-corrected chi connectivity index (χ0v) is 18.5. The van der Waals surface area contributed by atoms with Crippen LogP contribution in [-0.2, 0) is 12.4 Å². The molecule has 30 heavy (non-hydrogen) atoms. The van der Waals surface area contributed by atoms with E-state index in [9.17, 15) is 0 Å². The lowest BCUT2D eigenvalue weighted by molar-refractivity contribution is 0.306. The standard InChI is InChI=1S/C23H19BrN4OS/c24-21-12-10-18(11-13-21)15-29-22-9-5-4-8-20(22)14-26-28-17-25-27-23(28)30-16-19-6-2-1-3-7-19/h1-14,17H,15-16H2/b26-14+. The lowest BCUT2D eigenvalue weighted by atomic mass is 10.2.